The minimum Gasteiger partial charge on any atom is -0.331 e. The van der Waals surface area contributed by atoms with Gasteiger partial charge in [-0.25, -0.2) is 4.79 Å². The highest BCUT2D eigenvalue weighted by Gasteiger charge is 2.36. The van der Waals surface area contributed by atoms with Gasteiger partial charge in [0.1, 0.15) is 0 Å². The van der Waals surface area contributed by atoms with Crippen molar-refractivity contribution in [1.29, 1.82) is 0 Å². The van der Waals surface area contributed by atoms with Gasteiger partial charge in [0.15, 0.2) is 0 Å². The van der Waals surface area contributed by atoms with E-state index in [4.69, 9.17) is 0 Å². The van der Waals surface area contributed by atoms with Gasteiger partial charge in [0.05, 0.1) is 12.1 Å². The molecule has 0 saturated heterocycles. The van der Waals surface area contributed by atoms with Crippen molar-refractivity contribution in [3.8, 4) is 0 Å². The van der Waals surface area contributed by atoms with Crippen molar-refractivity contribution in [2.75, 3.05) is 0 Å². The SMILES string of the molecule is O=C(N[C@H](c1ccccc1)C1CC1)N[C@@H](c1ccccc1)C1CC1. The summed E-state index contributed by atoms with van der Waals surface area (Å²) in [6.45, 7) is 0. The maximum atomic E-state index is 12.7. The second-order valence-corrected chi connectivity index (χ2v) is 7.07. The zero-order valence-corrected chi connectivity index (χ0v) is 13.8. The molecular weight excluding hydrogens is 296 g/mol. The summed E-state index contributed by atoms with van der Waals surface area (Å²) in [6.07, 6.45) is 4.80. The molecule has 3 heteroatoms. The Labute approximate surface area is 143 Å². The summed E-state index contributed by atoms with van der Waals surface area (Å²) in [6, 6.07) is 20.9. The van der Waals surface area contributed by atoms with E-state index in [1.54, 1.807) is 0 Å². The Balaban J connectivity index is 1.45. The standard InChI is InChI=1S/C21H24N2O/c24-21(22-19(17-11-12-17)15-7-3-1-4-8-15)23-20(18-13-14-18)16-9-5-2-6-10-16/h1-10,17-20H,11-14H2,(H2,22,23,24)/t19-,20+. The van der Waals surface area contributed by atoms with Gasteiger partial charge < -0.3 is 10.6 Å². The third-order valence-corrected chi connectivity index (χ3v) is 5.08. The van der Waals surface area contributed by atoms with Crippen LogP contribution in [-0.2, 0) is 0 Å². The molecule has 2 aliphatic carbocycles. The minimum absolute atomic E-state index is 0.0449. The molecule has 2 fully saturated rings. The van der Waals surface area contributed by atoms with E-state index in [1.165, 1.54) is 36.8 Å². The Morgan fingerprint density at radius 1 is 0.708 bits per heavy atom. The van der Waals surface area contributed by atoms with E-state index in [0.29, 0.717) is 11.8 Å². The fourth-order valence-electron chi connectivity index (χ4n) is 3.45. The molecular formula is C21H24N2O. The minimum atomic E-state index is -0.0449. The first-order chi connectivity index (χ1) is 11.8. The first kappa shape index (κ1) is 15.3. The molecule has 2 saturated carbocycles. The lowest BCUT2D eigenvalue weighted by atomic mass is 10.0. The van der Waals surface area contributed by atoms with Crippen LogP contribution in [0.25, 0.3) is 0 Å². The molecule has 0 aromatic heterocycles. The van der Waals surface area contributed by atoms with Gasteiger partial charge in [0, 0.05) is 0 Å². The van der Waals surface area contributed by atoms with Crippen LogP contribution in [0.3, 0.4) is 0 Å². The Kier molecular flexibility index (Phi) is 4.24. The van der Waals surface area contributed by atoms with Crippen molar-refractivity contribution in [2.45, 2.75) is 37.8 Å². The van der Waals surface area contributed by atoms with Crippen LogP contribution in [0.2, 0.25) is 0 Å². The van der Waals surface area contributed by atoms with E-state index in [-0.39, 0.29) is 18.1 Å². The highest BCUT2D eigenvalue weighted by Crippen LogP contribution is 2.42. The zero-order chi connectivity index (χ0) is 16.4. The molecule has 0 heterocycles. The lowest BCUT2D eigenvalue weighted by Gasteiger charge is -2.23. The van der Waals surface area contributed by atoms with Crippen LogP contribution < -0.4 is 10.6 Å². The predicted octanol–water partition coefficient (Wildman–Crippen LogP) is 4.59. The lowest BCUT2D eigenvalue weighted by Crippen LogP contribution is -2.41. The molecule has 2 aromatic carbocycles. The Morgan fingerprint density at radius 3 is 1.42 bits per heavy atom. The number of nitrogens with one attached hydrogen (secondary N) is 2. The number of amides is 2. The second-order valence-electron chi connectivity index (χ2n) is 7.07. The van der Waals surface area contributed by atoms with Gasteiger partial charge in [-0.2, -0.15) is 0 Å². The van der Waals surface area contributed by atoms with Crippen molar-refractivity contribution in [2.24, 2.45) is 11.8 Å². The van der Waals surface area contributed by atoms with E-state index >= 15 is 0 Å². The molecule has 0 bridgehead atoms. The van der Waals surface area contributed by atoms with E-state index in [2.05, 4.69) is 34.9 Å². The van der Waals surface area contributed by atoms with Gasteiger partial charge in [-0.1, -0.05) is 60.7 Å². The van der Waals surface area contributed by atoms with Gasteiger partial charge >= 0.3 is 6.03 Å². The summed E-state index contributed by atoms with van der Waals surface area (Å²) in [5, 5.41) is 6.46. The molecule has 4 rings (SSSR count). The Morgan fingerprint density at radius 2 is 1.08 bits per heavy atom. The molecule has 3 nitrogen and oxygen atoms in total. The molecule has 24 heavy (non-hydrogen) atoms. The summed E-state index contributed by atoms with van der Waals surface area (Å²) in [4.78, 5) is 12.7. The molecule has 0 aliphatic heterocycles. The number of hydrogen-bond donors (Lipinski definition) is 2. The van der Waals surface area contributed by atoms with Crippen LogP contribution in [0.5, 0.6) is 0 Å². The first-order valence-corrected chi connectivity index (χ1v) is 8.98. The summed E-state index contributed by atoms with van der Waals surface area (Å²) in [7, 11) is 0. The fourth-order valence-corrected chi connectivity index (χ4v) is 3.45. The topological polar surface area (TPSA) is 41.1 Å². The smallest absolute Gasteiger partial charge is 0.315 e. The molecule has 0 radical (unpaired) electrons. The zero-order valence-electron chi connectivity index (χ0n) is 13.8. The van der Waals surface area contributed by atoms with Gasteiger partial charge in [-0.3, -0.25) is 0 Å². The summed E-state index contributed by atoms with van der Waals surface area (Å²) in [5.74, 6) is 1.16. The number of rotatable bonds is 6. The summed E-state index contributed by atoms with van der Waals surface area (Å²) < 4.78 is 0. The largest absolute Gasteiger partial charge is 0.331 e. The molecule has 0 unspecified atom stereocenters. The molecule has 0 spiro atoms. The Hall–Kier alpha value is -2.29. The number of benzene rings is 2. The molecule has 2 atom stereocenters. The average Bonchev–Trinajstić information content (AvgIpc) is 3.52. The van der Waals surface area contributed by atoms with Crippen molar-refractivity contribution < 1.29 is 4.79 Å². The van der Waals surface area contributed by atoms with Crippen molar-refractivity contribution >= 4 is 6.03 Å². The molecule has 124 valence electrons. The fraction of sp³-hybridized carbons (Fsp3) is 0.381. The maximum absolute atomic E-state index is 12.7. The van der Waals surface area contributed by atoms with Crippen molar-refractivity contribution in [3.05, 3.63) is 71.8 Å². The van der Waals surface area contributed by atoms with Crippen LogP contribution in [-0.4, -0.2) is 6.03 Å². The predicted molar refractivity (Wildman–Crippen MR) is 95.5 cm³/mol. The van der Waals surface area contributed by atoms with Crippen LogP contribution in [0.1, 0.15) is 48.9 Å². The van der Waals surface area contributed by atoms with Gasteiger partial charge in [0.2, 0.25) is 0 Å². The monoisotopic (exact) mass is 320 g/mol. The second kappa shape index (κ2) is 6.68. The van der Waals surface area contributed by atoms with Crippen LogP contribution >= 0.6 is 0 Å². The molecule has 2 aromatic rings. The Bertz CT molecular complexity index is 618. The van der Waals surface area contributed by atoms with Crippen LogP contribution in [0.4, 0.5) is 4.79 Å². The van der Waals surface area contributed by atoms with Crippen LogP contribution in [0, 0.1) is 11.8 Å². The van der Waals surface area contributed by atoms with E-state index in [0.717, 1.165) is 0 Å². The van der Waals surface area contributed by atoms with Gasteiger partial charge in [-0.05, 0) is 48.6 Å². The average molecular weight is 320 g/mol. The number of carbonyl (C=O) groups excluding carboxylic acids is 1. The van der Waals surface area contributed by atoms with Gasteiger partial charge in [-0.15, -0.1) is 0 Å². The van der Waals surface area contributed by atoms with E-state index in [1.807, 2.05) is 36.4 Å². The van der Waals surface area contributed by atoms with Gasteiger partial charge in [0.25, 0.3) is 0 Å². The molecule has 2 amide bonds. The highest BCUT2D eigenvalue weighted by atomic mass is 16.2. The molecule has 2 aliphatic rings. The molecule has 2 N–H and O–H groups in total. The first-order valence-electron chi connectivity index (χ1n) is 8.98. The van der Waals surface area contributed by atoms with Crippen LogP contribution in [0.15, 0.2) is 60.7 Å². The summed E-state index contributed by atoms with van der Waals surface area (Å²) in [5.41, 5.74) is 2.41. The normalized spacial score (nSPS) is 19.3. The van der Waals surface area contributed by atoms with Crippen molar-refractivity contribution in [3.63, 3.8) is 0 Å². The lowest BCUT2D eigenvalue weighted by molar-refractivity contribution is 0.230. The van der Waals surface area contributed by atoms with E-state index < -0.39 is 0 Å². The maximum Gasteiger partial charge on any atom is 0.315 e. The third kappa shape index (κ3) is 3.61. The number of urea groups is 1. The van der Waals surface area contributed by atoms with E-state index in [9.17, 15) is 4.79 Å². The number of hydrogen-bond acceptors (Lipinski definition) is 1. The highest BCUT2D eigenvalue weighted by molar-refractivity contribution is 5.75. The third-order valence-electron chi connectivity index (χ3n) is 5.08. The summed E-state index contributed by atoms with van der Waals surface area (Å²) >= 11 is 0. The number of carbonyl (C=O) groups is 1. The van der Waals surface area contributed by atoms with Crippen molar-refractivity contribution in [1.82, 2.24) is 10.6 Å². The quantitative estimate of drug-likeness (QED) is 0.803.